The number of primary amides is 2. The molecule has 0 saturated heterocycles. The number of ether oxygens (including phenoxy) is 1. The van der Waals surface area contributed by atoms with Crippen molar-refractivity contribution in [2.75, 3.05) is 32.8 Å². The highest BCUT2D eigenvalue weighted by atomic mass is 16.6. The second-order valence-corrected chi connectivity index (χ2v) is 11.5. The second kappa shape index (κ2) is 15.7. The van der Waals surface area contributed by atoms with Crippen LogP contribution in [0.5, 0.6) is 0 Å². The van der Waals surface area contributed by atoms with Crippen molar-refractivity contribution in [3.05, 3.63) is 35.9 Å². The molecule has 0 spiro atoms. The number of carboxylic acid groups (broad SMARTS) is 1. The predicted molar refractivity (Wildman–Crippen MR) is 151 cm³/mol. The van der Waals surface area contributed by atoms with Gasteiger partial charge in [0, 0.05) is 32.0 Å². The topological polar surface area (TPSA) is 232 Å². The summed E-state index contributed by atoms with van der Waals surface area (Å²) in [5.74, 6) is -1.24. The van der Waals surface area contributed by atoms with Gasteiger partial charge in [-0.3, -0.25) is 19.0 Å². The van der Waals surface area contributed by atoms with Gasteiger partial charge in [0.2, 0.25) is 0 Å². The first-order chi connectivity index (χ1) is 19.3. The van der Waals surface area contributed by atoms with E-state index >= 15 is 0 Å². The van der Waals surface area contributed by atoms with Gasteiger partial charge in [-0.05, 0) is 38.3 Å². The second-order valence-electron chi connectivity index (χ2n) is 11.5. The van der Waals surface area contributed by atoms with E-state index in [1.165, 1.54) is 26.4 Å². The van der Waals surface area contributed by atoms with E-state index in [1.807, 2.05) is 20.8 Å². The Kier molecular flexibility index (Phi) is 13.4. The van der Waals surface area contributed by atoms with Gasteiger partial charge in [-0.25, -0.2) is 9.59 Å². The van der Waals surface area contributed by atoms with Crippen molar-refractivity contribution in [1.29, 1.82) is 0 Å². The van der Waals surface area contributed by atoms with Crippen LogP contribution in [0.2, 0.25) is 0 Å². The number of carbonyl (C=O) groups is 4. The summed E-state index contributed by atoms with van der Waals surface area (Å²) in [6.45, 7) is 11.9. The molecule has 42 heavy (non-hydrogen) atoms. The fraction of sp³-hybridized carbons (Fsp3) is 0.615. The van der Waals surface area contributed by atoms with E-state index in [0.717, 1.165) is 4.90 Å². The maximum Gasteiger partial charge on any atom is 0.410 e. The highest BCUT2D eigenvalue weighted by Crippen LogP contribution is 2.20. The molecular formula is C26H44N8O8. The number of hydrogen-bond donors (Lipinski definition) is 5. The number of aromatic nitrogens is 4. The summed E-state index contributed by atoms with van der Waals surface area (Å²) >= 11 is 0. The first-order valence-corrected chi connectivity index (χ1v) is 13.2. The van der Waals surface area contributed by atoms with E-state index in [0.29, 0.717) is 13.1 Å². The Morgan fingerprint density at radius 2 is 1.33 bits per heavy atom. The summed E-state index contributed by atoms with van der Waals surface area (Å²) in [5, 5.41) is 36.1. The van der Waals surface area contributed by atoms with Crippen molar-refractivity contribution in [3.63, 3.8) is 0 Å². The molecule has 1 unspecified atom stereocenters. The van der Waals surface area contributed by atoms with Gasteiger partial charge in [0.15, 0.2) is 0 Å². The van der Waals surface area contributed by atoms with E-state index in [1.54, 1.807) is 33.2 Å². The van der Waals surface area contributed by atoms with Crippen molar-refractivity contribution < 1.29 is 39.2 Å². The Morgan fingerprint density at radius 1 is 0.881 bits per heavy atom. The standard InChI is InChI=1S/2C13H22N4O4/c1-13(2,3)21-12(20)16(8-9-18)6-7-17-5-4-10(15-17)11(14)19;1-13(2,3)10(18)8-16(12(20)21)6-7-17-5-4-9(15-17)11(14)19/h4-5,18H,6-9H2,1-3H3,(H2,14,19);4-5,10,18H,6-8H2,1-3H3,(H2,14,19)(H,20,21). The largest absolute Gasteiger partial charge is 0.465 e. The Balaban J connectivity index is 0.000000420. The third-order valence-corrected chi connectivity index (χ3v) is 5.67. The Morgan fingerprint density at radius 3 is 1.67 bits per heavy atom. The maximum absolute atomic E-state index is 12.0. The van der Waals surface area contributed by atoms with Crippen molar-refractivity contribution >= 4 is 24.0 Å². The molecule has 1 atom stereocenters. The van der Waals surface area contributed by atoms with Gasteiger partial charge in [0.05, 0.1) is 32.3 Å². The van der Waals surface area contributed by atoms with Crippen LogP contribution in [0, 0.1) is 5.41 Å². The van der Waals surface area contributed by atoms with Gasteiger partial charge in [-0.1, -0.05) is 20.8 Å². The fourth-order valence-electron chi connectivity index (χ4n) is 3.17. The third-order valence-electron chi connectivity index (χ3n) is 5.67. The van der Waals surface area contributed by atoms with E-state index in [4.69, 9.17) is 21.3 Å². The van der Waals surface area contributed by atoms with Crippen LogP contribution in [-0.2, 0) is 17.8 Å². The molecule has 0 fully saturated rings. The van der Waals surface area contributed by atoms with Gasteiger partial charge in [0.1, 0.15) is 17.0 Å². The molecule has 0 aliphatic rings. The average molecular weight is 597 g/mol. The zero-order chi connectivity index (χ0) is 32.3. The number of aliphatic hydroxyl groups excluding tert-OH is 2. The molecule has 0 aliphatic carbocycles. The number of nitrogens with zero attached hydrogens (tertiary/aromatic N) is 6. The average Bonchev–Trinajstić information content (AvgIpc) is 3.53. The fourth-order valence-corrected chi connectivity index (χ4v) is 3.17. The van der Waals surface area contributed by atoms with E-state index < -0.39 is 41.1 Å². The molecule has 4 amide bonds. The van der Waals surface area contributed by atoms with Crippen molar-refractivity contribution in [1.82, 2.24) is 29.4 Å². The van der Waals surface area contributed by atoms with Crippen LogP contribution in [0.3, 0.4) is 0 Å². The quantitative estimate of drug-likeness (QED) is 0.229. The van der Waals surface area contributed by atoms with Gasteiger partial charge >= 0.3 is 12.2 Å². The van der Waals surface area contributed by atoms with Crippen LogP contribution in [-0.4, -0.2) is 113 Å². The monoisotopic (exact) mass is 596 g/mol. The molecular weight excluding hydrogens is 552 g/mol. The minimum Gasteiger partial charge on any atom is -0.465 e. The summed E-state index contributed by atoms with van der Waals surface area (Å²) in [4.78, 5) is 47.6. The summed E-state index contributed by atoms with van der Waals surface area (Å²) in [5.41, 5.74) is 9.50. The van der Waals surface area contributed by atoms with Gasteiger partial charge in [0.25, 0.3) is 11.8 Å². The molecule has 0 bridgehead atoms. The molecule has 236 valence electrons. The number of aliphatic hydroxyl groups is 2. The molecule has 16 heteroatoms. The molecule has 2 rings (SSSR count). The minimum atomic E-state index is -1.11. The summed E-state index contributed by atoms with van der Waals surface area (Å²) in [7, 11) is 0. The lowest BCUT2D eigenvalue weighted by molar-refractivity contribution is 0.0210. The van der Waals surface area contributed by atoms with Crippen molar-refractivity contribution in [2.24, 2.45) is 16.9 Å². The van der Waals surface area contributed by atoms with Crippen molar-refractivity contribution in [2.45, 2.75) is 66.3 Å². The van der Waals surface area contributed by atoms with E-state index in [9.17, 15) is 29.4 Å². The zero-order valence-corrected chi connectivity index (χ0v) is 25.1. The number of nitrogens with two attached hydrogens (primary N) is 2. The highest BCUT2D eigenvalue weighted by molar-refractivity contribution is 5.90. The van der Waals surface area contributed by atoms with Gasteiger partial charge in [-0.2, -0.15) is 10.2 Å². The first-order valence-electron chi connectivity index (χ1n) is 13.2. The lowest BCUT2D eigenvalue weighted by Gasteiger charge is -2.30. The number of amides is 4. The molecule has 0 radical (unpaired) electrons. The molecule has 2 aromatic heterocycles. The molecule has 2 heterocycles. The summed E-state index contributed by atoms with van der Waals surface area (Å²) in [6, 6.07) is 2.98. The van der Waals surface area contributed by atoms with E-state index in [-0.39, 0.29) is 44.2 Å². The normalized spacial score (nSPS) is 12.1. The first kappa shape index (κ1) is 35.8. The summed E-state index contributed by atoms with van der Waals surface area (Å²) in [6.07, 6.45) is 0.777. The molecule has 2 aromatic rings. The highest BCUT2D eigenvalue weighted by Gasteiger charge is 2.26. The third kappa shape index (κ3) is 13.0. The Labute approximate surface area is 244 Å². The smallest absolute Gasteiger partial charge is 0.410 e. The van der Waals surface area contributed by atoms with Crippen LogP contribution in [0.1, 0.15) is 62.5 Å². The predicted octanol–water partition coefficient (Wildman–Crippen LogP) is 0.580. The van der Waals surface area contributed by atoms with Crippen LogP contribution in [0.25, 0.3) is 0 Å². The molecule has 0 saturated carbocycles. The number of carbonyl (C=O) groups excluding carboxylic acids is 3. The zero-order valence-electron chi connectivity index (χ0n) is 25.1. The lowest BCUT2D eigenvalue weighted by atomic mass is 9.89. The minimum absolute atomic E-state index is 0.0166. The molecule has 7 N–H and O–H groups in total. The van der Waals surface area contributed by atoms with Crippen LogP contribution >= 0.6 is 0 Å². The molecule has 16 nitrogen and oxygen atoms in total. The summed E-state index contributed by atoms with van der Waals surface area (Å²) < 4.78 is 8.21. The van der Waals surface area contributed by atoms with Crippen LogP contribution in [0.4, 0.5) is 9.59 Å². The van der Waals surface area contributed by atoms with E-state index in [2.05, 4.69) is 10.2 Å². The Hall–Kier alpha value is -4.18. The molecule has 0 aliphatic heterocycles. The number of hydrogen-bond acceptors (Lipinski definition) is 9. The SMILES string of the molecule is CC(C)(C)C(O)CN(CCn1ccc(C(N)=O)n1)C(=O)O.CC(C)(C)OC(=O)N(CCO)CCn1ccc(C(N)=O)n1. The van der Waals surface area contributed by atoms with Gasteiger partial charge < -0.3 is 41.3 Å². The maximum atomic E-state index is 12.0. The molecule has 0 aromatic carbocycles. The van der Waals surface area contributed by atoms with Crippen molar-refractivity contribution in [3.8, 4) is 0 Å². The number of rotatable bonds is 12. The lowest BCUT2D eigenvalue weighted by Crippen LogP contribution is -2.43. The van der Waals surface area contributed by atoms with Crippen LogP contribution < -0.4 is 11.5 Å². The van der Waals surface area contributed by atoms with Gasteiger partial charge in [-0.15, -0.1) is 0 Å². The Bertz CT molecular complexity index is 1130. The van der Waals surface area contributed by atoms with Crippen LogP contribution in [0.15, 0.2) is 24.5 Å².